The standard InChI is InChI=1S/C12H12Br2N4O2S/c1-21-12-16-15-11(17(12)7-9(14)6-13)8-2-4-10(5-3-8)18(19)20/h2-5,9H,6-7H2,1H3. The summed E-state index contributed by atoms with van der Waals surface area (Å²) in [6, 6.07) is 6.34. The van der Waals surface area contributed by atoms with Gasteiger partial charge in [0.1, 0.15) is 0 Å². The Kier molecular flexibility index (Phi) is 5.77. The zero-order valence-corrected chi connectivity index (χ0v) is 15.1. The van der Waals surface area contributed by atoms with Gasteiger partial charge in [-0.3, -0.25) is 10.1 Å². The third kappa shape index (κ3) is 3.83. The van der Waals surface area contributed by atoms with Crippen LogP contribution in [0, 0.1) is 10.1 Å². The Hall–Kier alpha value is -0.930. The number of nitro groups is 1. The minimum Gasteiger partial charge on any atom is -0.301 e. The molecule has 112 valence electrons. The van der Waals surface area contributed by atoms with E-state index in [4.69, 9.17) is 0 Å². The van der Waals surface area contributed by atoms with Crippen molar-refractivity contribution in [1.29, 1.82) is 0 Å². The Morgan fingerprint density at radius 3 is 2.57 bits per heavy atom. The zero-order valence-electron chi connectivity index (χ0n) is 11.1. The molecule has 1 heterocycles. The number of hydrogen-bond acceptors (Lipinski definition) is 5. The molecule has 21 heavy (non-hydrogen) atoms. The number of hydrogen-bond donors (Lipinski definition) is 0. The molecule has 1 aromatic heterocycles. The predicted molar refractivity (Wildman–Crippen MR) is 90.4 cm³/mol. The van der Waals surface area contributed by atoms with Gasteiger partial charge in [0.2, 0.25) is 0 Å². The second-order valence-corrected chi connectivity index (χ2v) is 6.89. The van der Waals surface area contributed by atoms with Gasteiger partial charge in [-0.25, -0.2) is 0 Å². The first-order valence-corrected chi connectivity index (χ1v) is 9.25. The SMILES string of the molecule is CSc1nnc(-c2ccc([N+](=O)[O-])cc2)n1CC(Br)CBr. The van der Waals surface area contributed by atoms with E-state index >= 15 is 0 Å². The first-order valence-electron chi connectivity index (χ1n) is 5.99. The highest BCUT2D eigenvalue weighted by atomic mass is 79.9. The maximum absolute atomic E-state index is 10.7. The van der Waals surface area contributed by atoms with E-state index in [2.05, 4.69) is 42.1 Å². The van der Waals surface area contributed by atoms with Crippen molar-refractivity contribution in [3.05, 3.63) is 34.4 Å². The molecule has 2 rings (SSSR count). The van der Waals surface area contributed by atoms with E-state index in [1.165, 1.54) is 23.9 Å². The number of benzene rings is 1. The van der Waals surface area contributed by atoms with Crippen molar-refractivity contribution in [2.45, 2.75) is 16.5 Å². The van der Waals surface area contributed by atoms with E-state index in [0.717, 1.165) is 16.0 Å². The highest BCUT2D eigenvalue weighted by Crippen LogP contribution is 2.26. The van der Waals surface area contributed by atoms with Gasteiger partial charge in [0.15, 0.2) is 11.0 Å². The molecule has 2 aromatic rings. The van der Waals surface area contributed by atoms with Crippen molar-refractivity contribution in [2.75, 3.05) is 11.6 Å². The molecular weight excluding hydrogens is 424 g/mol. The first kappa shape index (κ1) is 16.4. The lowest BCUT2D eigenvalue weighted by molar-refractivity contribution is -0.384. The Balaban J connectivity index is 2.38. The van der Waals surface area contributed by atoms with Crippen LogP contribution in [0.2, 0.25) is 0 Å². The van der Waals surface area contributed by atoms with Gasteiger partial charge >= 0.3 is 0 Å². The Morgan fingerprint density at radius 1 is 1.38 bits per heavy atom. The van der Waals surface area contributed by atoms with Crippen LogP contribution in [0.25, 0.3) is 11.4 Å². The molecule has 0 aliphatic rings. The molecule has 1 unspecified atom stereocenters. The van der Waals surface area contributed by atoms with E-state index in [1.807, 2.05) is 10.8 Å². The van der Waals surface area contributed by atoms with Crippen LogP contribution in [0.5, 0.6) is 0 Å². The van der Waals surface area contributed by atoms with E-state index in [0.29, 0.717) is 12.4 Å². The van der Waals surface area contributed by atoms with Crippen molar-refractivity contribution in [3.8, 4) is 11.4 Å². The molecule has 1 atom stereocenters. The fourth-order valence-corrected chi connectivity index (χ4v) is 2.80. The summed E-state index contributed by atoms with van der Waals surface area (Å²) in [5.41, 5.74) is 0.872. The second kappa shape index (κ2) is 7.37. The van der Waals surface area contributed by atoms with Crippen LogP contribution in [0.15, 0.2) is 29.4 Å². The lowest BCUT2D eigenvalue weighted by Crippen LogP contribution is -2.13. The van der Waals surface area contributed by atoms with Crippen LogP contribution < -0.4 is 0 Å². The van der Waals surface area contributed by atoms with Crippen molar-refractivity contribution >= 4 is 49.3 Å². The number of nitrogens with zero attached hydrogens (tertiary/aromatic N) is 4. The molecule has 0 aliphatic heterocycles. The second-order valence-electron chi connectivity index (χ2n) is 4.18. The lowest BCUT2D eigenvalue weighted by atomic mass is 10.2. The quantitative estimate of drug-likeness (QED) is 0.299. The third-order valence-electron chi connectivity index (χ3n) is 2.78. The molecule has 0 amide bonds. The van der Waals surface area contributed by atoms with Gasteiger partial charge in [-0.15, -0.1) is 10.2 Å². The van der Waals surface area contributed by atoms with Crippen LogP contribution in [-0.4, -0.2) is 36.1 Å². The molecule has 6 nitrogen and oxygen atoms in total. The first-order chi connectivity index (χ1) is 10.1. The minimum absolute atomic E-state index is 0.0636. The van der Waals surface area contributed by atoms with Gasteiger partial charge < -0.3 is 4.57 Å². The lowest BCUT2D eigenvalue weighted by Gasteiger charge is -2.12. The molecule has 0 radical (unpaired) electrons. The van der Waals surface area contributed by atoms with Crippen molar-refractivity contribution in [3.63, 3.8) is 0 Å². The Labute approximate surface area is 142 Å². The van der Waals surface area contributed by atoms with E-state index in [9.17, 15) is 10.1 Å². The number of rotatable bonds is 6. The predicted octanol–water partition coefficient (Wildman–Crippen LogP) is 3.73. The highest BCUT2D eigenvalue weighted by molar-refractivity contribution is 9.12. The summed E-state index contributed by atoms with van der Waals surface area (Å²) in [7, 11) is 0. The van der Waals surface area contributed by atoms with Crippen molar-refractivity contribution in [2.24, 2.45) is 0 Å². The maximum atomic E-state index is 10.7. The fourth-order valence-electron chi connectivity index (χ4n) is 1.80. The molecule has 0 fully saturated rings. The normalized spacial score (nSPS) is 12.3. The topological polar surface area (TPSA) is 73.8 Å². The zero-order chi connectivity index (χ0) is 15.4. The van der Waals surface area contributed by atoms with E-state index < -0.39 is 4.92 Å². The molecule has 0 bridgehead atoms. The van der Waals surface area contributed by atoms with E-state index in [1.54, 1.807) is 12.1 Å². The molecule has 0 saturated carbocycles. The number of alkyl halides is 2. The molecule has 0 N–H and O–H groups in total. The summed E-state index contributed by atoms with van der Waals surface area (Å²) >= 11 is 8.52. The van der Waals surface area contributed by atoms with Crippen LogP contribution >= 0.6 is 43.6 Å². The molecular formula is C12H12Br2N4O2S. The summed E-state index contributed by atoms with van der Waals surface area (Å²) in [5, 5.41) is 20.7. The summed E-state index contributed by atoms with van der Waals surface area (Å²) in [5.74, 6) is 0.708. The average Bonchev–Trinajstić information content (AvgIpc) is 2.89. The van der Waals surface area contributed by atoms with Gasteiger partial charge in [0.25, 0.3) is 5.69 Å². The molecule has 0 aliphatic carbocycles. The van der Waals surface area contributed by atoms with Gasteiger partial charge in [0, 0.05) is 34.4 Å². The minimum atomic E-state index is -0.415. The largest absolute Gasteiger partial charge is 0.301 e. The fraction of sp³-hybridized carbons (Fsp3) is 0.333. The number of halogens is 2. The Morgan fingerprint density at radius 2 is 2.05 bits per heavy atom. The number of non-ortho nitro benzene ring substituents is 1. The van der Waals surface area contributed by atoms with Crippen LogP contribution in [0.3, 0.4) is 0 Å². The summed E-state index contributed by atoms with van der Waals surface area (Å²) in [4.78, 5) is 10.5. The third-order valence-corrected chi connectivity index (χ3v) is 5.71. The average molecular weight is 436 g/mol. The van der Waals surface area contributed by atoms with Gasteiger partial charge in [-0.2, -0.15) is 0 Å². The number of thioether (sulfide) groups is 1. The Bertz CT molecular complexity index is 633. The number of aromatic nitrogens is 3. The van der Waals surface area contributed by atoms with Crippen LogP contribution in [0.1, 0.15) is 0 Å². The van der Waals surface area contributed by atoms with Crippen LogP contribution in [0.4, 0.5) is 5.69 Å². The summed E-state index contributed by atoms with van der Waals surface area (Å²) in [6.45, 7) is 0.709. The molecule has 1 aromatic carbocycles. The monoisotopic (exact) mass is 434 g/mol. The van der Waals surface area contributed by atoms with Crippen molar-refractivity contribution < 1.29 is 4.92 Å². The van der Waals surface area contributed by atoms with E-state index in [-0.39, 0.29) is 10.5 Å². The van der Waals surface area contributed by atoms with Crippen LogP contribution in [-0.2, 0) is 6.54 Å². The number of nitro benzene ring substituents is 1. The van der Waals surface area contributed by atoms with Gasteiger partial charge in [-0.1, -0.05) is 43.6 Å². The smallest absolute Gasteiger partial charge is 0.269 e. The molecule has 0 spiro atoms. The summed E-state index contributed by atoms with van der Waals surface area (Å²) < 4.78 is 2.01. The maximum Gasteiger partial charge on any atom is 0.269 e. The van der Waals surface area contributed by atoms with Crippen molar-refractivity contribution in [1.82, 2.24) is 14.8 Å². The van der Waals surface area contributed by atoms with Gasteiger partial charge in [0.05, 0.1) is 4.92 Å². The molecule has 0 saturated heterocycles. The summed E-state index contributed by atoms with van der Waals surface area (Å²) in [6.07, 6.45) is 1.94. The molecule has 9 heteroatoms. The highest BCUT2D eigenvalue weighted by Gasteiger charge is 2.16. The van der Waals surface area contributed by atoms with Gasteiger partial charge in [-0.05, 0) is 18.4 Å².